The number of carboxylic acids is 1. The zero-order chi connectivity index (χ0) is 24.9. The number of carbonyl (C=O) groups excluding carboxylic acids is 3. The van der Waals surface area contributed by atoms with Gasteiger partial charge in [0, 0.05) is 12.0 Å². The lowest BCUT2D eigenvalue weighted by atomic mass is 9.98. The summed E-state index contributed by atoms with van der Waals surface area (Å²) in [5.74, 6) is -3.29. The van der Waals surface area contributed by atoms with E-state index >= 15 is 0 Å². The number of fused-ring (bicyclic) bond motifs is 3. The quantitative estimate of drug-likeness (QED) is 0.495. The van der Waals surface area contributed by atoms with Crippen molar-refractivity contribution >= 4 is 23.9 Å². The van der Waals surface area contributed by atoms with Crippen molar-refractivity contribution in [1.82, 2.24) is 10.6 Å². The normalized spacial score (nSPS) is 19.2. The smallest absolute Gasteiger partial charge is 0.407 e. The first-order valence-corrected chi connectivity index (χ1v) is 11.6. The van der Waals surface area contributed by atoms with E-state index in [0.29, 0.717) is 19.3 Å². The zero-order valence-corrected chi connectivity index (χ0v) is 19.4. The molecule has 2 aliphatic rings. The van der Waals surface area contributed by atoms with Crippen LogP contribution in [-0.2, 0) is 23.9 Å². The van der Waals surface area contributed by atoms with Crippen LogP contribution < -0.4 is 10.6 Å². The number of carboxylic acid groups (broad SMARTS) is 1. The number of hydrogen-bond acceptors (Lipinski definition) is 6. The van der Waals surface area contributed by atoms with Gasteiger partial charge in [0.2, 0.25) is 5.91 Å². The Morgan fingerprint density at radius 3 is 2.23 bits per heavy atom. The van der Waals surface area contributed by atoms with Gasteiger partial charge in [0.25, 0.3) is 0 Å². The number of carbonyl (C=O) groups is 4. The first-order chi connectivity index (χ1) is 16.9. The molecule has 0 radical (unpaired) electrons. The van der Waals surface area contributed by atoms with Gasteiger partial charge < -0.3 is 25.2 Å². The molecule has 184 valence electrons. The Balaban J connectivity index is 1.35. The number of ether oxygens (including phenoxy) is 2. The number of esters is 1. The van der Waals surface area contributed by atoms with Gasteiger partial charge in [-0.25, -0.2) is 9.59 Å². The fourth-order valence-corrected chi connectivity index (χ4v) is 4.97. The Labute approximate surface area is 202 Å². The van der Waals surface area contributed by atoms with E-state index in [0.717, 1.165) is 29.4 Å². The van der Waals surface area contributed by atoms with Gasteiger partial charge in [0.1, 0.15) is 12.6 Å². The van der Waals surface area contributed by atoms with Crippen LogP contribution in [0, 0.1) is 5.92 Å². The summed E-state index contributed by atoms with van der Waals surface area (Å²) in [5.41, 5.74) is 4.46. The van der Waals surface area contributed by atoms with Gasteiger partial charge >= 0.3 is 18.0 Å². The summed E-state index contributed by atoms with van der Waals surface area (Å²) in [7, 11) is 1.15. The highest BCUT2D eigenvalue weighted by Crippen LogP contribution is 2.44. The van der Waals surface area contributed by atoms with Gasteiger partial charge in [-0.2, -0.15) is 0 Å². The molecule has 0 unspecified atom stereocenters. The van der Waals surface area contributed by atoms with E-state index < -0.39 is 48.4 Å². The van der Waals surface area contributed by atoms with Crippen LogP contribution in [0.15, 0.2) is 48.5 Å². The highest BCUT2D eigenvalue weighted by molar-refractivity contribution is 5.88. The molecule has 0 heterocycles. The molecule has 1 saturated carbocycles. The van der Waals surface area contributed by atoms with E-state index in [1.54, 1.807) is 0 Å². The van der Waals surface area contributed by atoms with Crippen LogP contribution in [0.25, 0.3) is 11.1 Å². The molecule has 9 nitrogen and oxygen atoms in total. The maximum absolute atomic E-state index is 12.7. The fourth-order valence-electron chi connectivity index (χ4n) is 4.97. The molecular formula is C26H28N2O7. The van der Waals surface area contributed by atoms with Crippen molar-refractivity contribution in [2.24, 2.45) is 5.92 Å². The van der Waals surface area contributed by atoms with E-state index in [9.17, 15) is 24.3 Å². The molecular weight excluding hydrogens is 452 g/mol. The summed E-state index contributed by atoms with van der Waals surface area (Å²) in [6.45, 7) is 0.156. The molecule has 2 aromatic rings. The average Bonchev–Trinajstić information content (AvgIpc) is 3.44. The predicted octanol–water partition coefficient (Wildman–Crippen LogP) is 2.83. The van der Waals surface area contributed by atoms with E-state index in [1.807, 2.05) is 36.4 Å². The Morgan fingerprint density at radius 1 is 1.00 bits per heavy atom. The van der Waals surface area contributed by atoms with Crippen molar-refractivity contribution in [3.05, 3.63) is 59.7 Å². The van der Waals surface area contributed by atoms with Gasteiger partial charge in [0.05, 0.1) is 19.4 Å². The maximum Gasteiger partial charge on any atom is 0.407 e. The molecule has 0 bridgehead atoms. The Bertz CT molecular complexity index is 1090. The topological polar surface area (TPSA) is 131 Å². The summed E-state index contributed by atoms with van der Waals surface area (Å²) in [5, 5.41) is 14.5. The third-order valence-corrected chi connectivity index (χ3v) is 6.71. The number of nitrogens with one attached hydrogen (secondary N) is 2. The largest absolute Gasteiger partial charge is 0.480 e. The molecule has 9 heteroatoms. The monoisotopic (exact) mass is 480 g/mol. The number of alkyl carbamates (subject to hydrolysis) is 1. The molecule has 35 heavy (non-hydrogen) atoms. The van der Waals surface area contributed by atoms with Gasteiger partial charge in [0.15, 0.2) is 0 Å². The second-order valence-electron chi connectivity index (χ2n) is 8.79. The maximum atomic E-state index is 12.7. The summed E-state index contributed by atoms with van der Waals surface area (Å²) in [6, 6.07) is 14.2. The van der Waals surface area contributed by atoms with E-state index in [1.165, 1.54) is 0 Å². The molecule has 2 aliphatic carbocycles. The van der Waals surface area contributed by atoms with Crippen molar-refractivity contribution in [2.45, 2.75) is 43.7 Å². The third kappa shape index (κ3) is 5.29. The van der Waals surface area contributed by atoms with Crippen LogP contribution in [0.3, 0.4) is 0 Å². The van der Waals surface area contributed by atoms with Gasteiger partial charge in [-0.1, -0.05) is 55.0 Å². The number of amides is 2. The van der Waals surface area contributed by atoms with Crippen molar-refractivity contribution in [3.63, 3.8) is 0 Å². The minimum atomic E-state index is -1.40. The molecule has 1 fully saturated rings. The first kappa shape index (κ1) is 24.3. The Kier molecular flexibility index (Phi) is 7.33. The summed E-state index contributed by atoms with van der Waals surface area (Å²) >= 11 is 0. The van der Waals surface area contributed by atoms with Crippen LogP contribution in [-0.4, -0.2) is 54.8 Å². The number of hydrogen-bond donors (Lipinski definition) is 3. The number of methoxy groups -OCH3 is 1. The van der Waals surface area contributed by atoms with Crippen LogP contribution >= 0.6 is 0 Å². The van der Waals surface area contributed by atoms with Crippen molar-refractivity contribution < 1.29 is 33.8 Å². The molecule has 3 N–H and O–H groups in total. The lowest BCUT2D eigenvalue weighted by Gasteiger charge is -2.23. The van der Waals surface area contributed by atoms with Crippen LogP contribution in [0.5, 0.6) is 0 Å². The molecule has 2 aromatic carbocycles. The van der Waals surface area contributed by atoms with Crippen LogP contribution in [0.1, 0.15) is 42.7 Å². The summed E-state index contributed by atoms with van der Waals surface area (Å²) < 4.78 is 10.1. The summed E-state index contributed by atoms with van der Waals surface area (Å²) in [6.07, 6.45) is 0.651. The van der Waals surface area contributed by atoms with Gasteiger partial charge in [-0.05, 0) is 35.1 Å². The number of aliphatic carboxylic acids is 1. The second kappa shape index (κ2) is 10.6. The van der Waals surface area contributed by atoms with Crippen LogP contribution in [0.2, 0.25) is 0 Å². The number of benzene rings is 2. The van der Waals surface area contributed by atoms with Crippen molar-refractivity contribution in [2.75, 3.05) is 13.7 Å². The minimum Gasteiger partial charge on any atom is -0.480 e. The van der Waals surface area contributed by atoms with Gasteiger partial charge in [-0.3, -0.25) is 9.59 Å². The SMILES string of the molecule is COC(=O)C[C@@H](NC(=O)[C@H]1CCC[C@H]1NC(=O)OCC1c2ccccc2-c2ccccc21)C(=O)O. The molecule has 4 rings (SSSR count). The van der Waals surface area contributed by atoms with Crippen molar-refractivity contribution in [3.8, 4) is 11.1 Å². The zero-order valence-electron chi connectivity index (χ0n) is 19.4. The van der Waals surface area contributed by atoms with Crippen LogP contribution in [0.4, 0.5) is 4.79 Å². The third-order valence-electron chi connectivity index (χ3n) is 6.71. The molecule has 0 aromatic heterocycles. The Hall–Kier alpha value is -3.88. The molecule has 0 aliphatic heterocycles. The predicted molar refractivity (Wildman–Crippen MR) is 126 cm³/mol. The minimum absolute atomic E-state index is 0.0783. The van der Waals surface area contributed by atoms with E-state index in [2.05, 4.69) is 27.5 Å². The molecule has 2 amide bonds. The Morgan fingerprint density at radius 2 is 1.63 bits per heavy atom. The standard InChI is InChI=1S/C26H28N2O7/c1-34-23(29)13-22(25(31)32)27-24(30)19-11-6-12-21(19)28-26(33)35-14-20-17-9-4-2-7-15(17)16-8-3-5-10-18(16)20/h2-5,7-10,19-22H,6,11-14H2,1H3,(H,27,30)(H,28,33)(H,31,32)/t19-,21+,22+/m0/s1. The number of rotatable bonds is 8. The second-order valence-corrected chi connectivity index (χ2v) is 8.79. The highest BCUT2D eigenvalue weighted by atomic mass is 16.5. The molecule has 0 saturated heterocycles. The highest BCUT2D eigenvalue weighted by Gasteiger charge is 2.37. The van der Waals surface area contributed by atoms with Crippen molar-refractivity contribution in [1.29, 1.82) is 0 Å². The lowest BCUT2D eigenvalue weighted by Crippen LogP contribution is -2.49. The van der Waals surface area contributed by atoms with E-state index in [-0.39, 0.29) is 12.5 Å². The molecule has 0 spiro atoms. The van der Waals surface area contributed by atoms with E-state index in [4.69, 9.17) is 4.74 Å². The van der Waals surface area contributed by atoms with Gasteiger partial charge in [-0.15, -0.1) is 0 Å². The average molecular weight is 481 g/mol. The summed E-state index contributed by atoms with van der Waals surface area (Å²) in [4.78, 5) is 48.3. The lowest BCUT2D eigenvalue weighted by molar-refractivity contribution is -0.149. The molecule has 3 atom stereocenters. The first-order valence-electron chi connectivity index (χ1n) is 11.6. The fraction of sp³-hybridized carbons (Fsp3) is 0.385.